The first kappa shape index (κ1) is 14.0. The van der Waals surface area contributed by atoms with E-state index in [2.05, 4.69) is 4.98 Å². The number of fused-ring (bicyclic) bond motifs is 1. The molecule has 4 nitrogen and oxygen atoms in total. The fourth-order valence-corrected chi connectivity index (χ4v) is 3.33. The van der Waals surface area contributed by atoms with Crippen molar-refractivity contribution < 1.29 is 9.32 Å². The second-order valence-electron chi connectivity index (χ2n) is 4.90. The van der Waals surface area contributed by atoms with Crippen molar-refractivity contribution in [2.75, 3.05) is 0 Å². The number of nitrogens with zero attached hydrogens (tertiary/aromatic N) is 2. The summed E-state index contributed by atoms with van der Waals surface area (Å²) >= 11 is 0. The van der Waals surface area contributed by atoms with Crippen LogP contribution in [0.3, 0.4) is 0 Å². The lowest BCUT2D eigenvalue weighted by molar-refractivity contribution is 0.282. The maximum absolute atomic E-state index is 12.2. The molecule has 0 saturated carbocycles. The molecule has 1 unspecified atom stereocenters. The lowest BCUT2D eigenvalue weighted by Crippen LogP contribution is -2.00. The zero-order valence-electron chi connectivity index (χ0n) is 11.5. The standard InChI is InChI=1S/C16H16N2O2S/c19-10-13-4-6-14(7-5-13)11-21(20)12-15-9-18-8-2-1-3-16(18)17-15/h1-9,19H,10-12H2. The first-order chi connectivity index (χ1) is 10.2. The van der Waals surface area contributed by atoms with Crippen molar-refractivity contribution >= 4 is 16.4 Å². The Morgan fingerprint density at radius 2 is 1.81 bits per heavy atom. The minimum absolute atomic E-state index is 0.0324. The Hall–Kier alpha value is -1.98. The molecule has 0 amide bonds. The molecule has 0 aliphatic rings. The van der Waals surface area contributed by atoms with Crippen LogP contribution < -0.4 is 0 Å². The Morgan fingerprint density at radius 1 is 1.05 bits per heavy atom. The van der Waals surface area contributed by atoms with Crippen LogP contribution in [0.4, 0.5) is 0 Å². The first-order valence-electron chi connectivity index (χ1n) is 6.71. The van der Waals surface area contributed by atoms with Crippen LogP contribution in [0.5, 0.6) is 0 Å². The van der Waals surface area contributed by atoms with E-state index < -0.39 is 10.8 Å². The molecule has 3 rings (SSSR count). The molecule has 1 aromatic carbocycles. The molecule has 1 N–H and O–H groups in total. The Kier molecular flexibility index (Phi) is 4.13. The van der Waals surface area contributed by atoms with Crippen LogP contribution in [-0.4, -0.2) is 18.7 Å². The number of imidazole rings is 1. The van der Waals surface area contributed by atoms with Crippen LogP contribution >= 0.6 is 0 Å². The van der Waals surface area contributed by atoms with Gasteiger partial charge in [-0.05, 0) is 23.3 Å². The Bertz CT molecular complexity index is 732. The van der Waals surface area contributed by atoms with E-state index in [1.54, 1.807) is 0 Å². The van der Waals surface area contributed by atoms with E-state index in [9.17, 15) is 4.21 Å². The van der Waals surface area contributed by atoms with Gasteiger partial charge in [0.25, 0.3) is 0 Å². The fourth-order valence-electron chi connectivity index (χ4n) is 2.20. The number of benzene rings is 1. The van der Waals surface area contributed by atoms with Gasteiger partial charge in [0.1, 0.15) is 5.65 Å². The van der Waals surface area contributed by atoms with Crippen molar-refractivity contribution in [1.29, 1.82) is 0 Å². The molecule has 0 aliphatic heterocycles. The van der Waals surface area contributed by atoms with Gasteiger partial charge in [0.15, 0.2) is 0 Å². The van der Waals surface area contributed by atoms with Gasteiger partial charge in [-0.15, -0.1) is 0 Å². The summed E-state index contributed by atoms with van der Waals surface area (Å²) in [4.78, 5) is 4.46. The molecule has 2 heterocycles. The molecule has 3 aromatic rings. The second-order valence-corrected chi connectivity index (χ2v) is 6.36. The van der Waals surface area contributed by atoms with Gasteiger partial charge in [0.05, 0.1) is 18.1 Å². The highest BCUT2D eigenvalue weighted by Crippen LogP contribution is 2.11. The van der Waals surface area contributed by atoms with Gasteiger partial charge < -0.3 is 9.51 Å². The summed E-state index contributed by atoms with van der Waals surface area (Å²) in [7, 11) is -0.996. The van der Waals surface area contributed by atoms with Gasteiger partial charge in [-0.25, -0.2) is 4.98 Å². The molecule has 108 valence electrons. The minimum atomic E-state index is -0.996. The Morgan fingerprint density at radius 3 is 2.52 bits per heavy atom. The second kappa shape index (κ2) is 6.20. The lowest BCUT2D eigenvalue weighted by Gasteiger charge is -2.02. The highest BCUT2D eigenvalue weighted by Gasteiger charge is 2.07. The highest BCUT2D eigenvalue weighted by atomic mass is 32.2. The van der Waals surface area contributed by atoms with E-state index in [4.69, 9.17) is 5.11 Å². The first-order valence-corrected chi connectivity index (χ1v) is 8.19. The minimum Gasteiger partial charge on any atom is -0.392 e. The quantitative estimate of drug-likeness (QED) is 0.786. The van der Waals surface area contributed by atoms with Crippen LogP contribution in [0.2, 0.25) is 0 Å². The number of rotatable bonds is 5. The molecule has 0 saturated heterocycles. The van der Waals surface area contributed by atoms with Crippen LogP contribution in [0, 0.1) is 0 Å². The summed E-state index contributed by atoms with van der Waals surface area (Å²) in [6, 6.07) is 13.3. The Balaban J connectivity index is 1.67. The van der Waals surface area contributed by atoms with E-state index in [1.165, 1.54) is 0 Å². The number of hydrogen-bond donors (Lipinski definition) is 1. The third-order valence-corrected chi connectivity index (χ3v) is 4.53. The zero-order valence-corrected chi connectivity index (χ0v) is 12.3. The smallest absolute Gasteiger partial charge is 0.137 e. The largest absolute Gasteiger partial charge is 0.392 e. The van der Waals surface area contributed by atoms with E-state index in [1.807, 2.05) is 59.3 Å². The topological polar surface area (TPSA) is 54.6 Å². The molecule has 2 aromatic heterocycles. The monoisotopic (exact) mass is 300 g/mol. The number of hydrogen-bond acceptors (Lipinski definition) is 3. The van der Waals surface area contributed by atoms with Gasteiger partial charge in [-0.2, -0.15) is 0 Å². The molecule has 0 fully saturated rings. The van der Waals surface area contributed by atoms with E-state index in [0.717, 1.165) is 22.5 Å². The predicted octanol–water partition coefficient (Wildman–Crippen LogP) is 2.28. The molecule has 0 radical (unpaired) electrons. The van der Waals surface area contributed by atoms with Crippen LogP contribution in [0.25, 0.3) is 5.65 Å². The molecule has 5 heteroatoms. The number of aromatic nitrogens is 2. The SMILES string of the molecule is O=S(Cc1ccc(CO)cc1)Cc1cn2ccccc2n1. The van der Waals surface area contributed by atoms with Crippen LogP contribution in [-0.2, 0) is 28.9 Å². The van der Waals surface area contributed by atoms with Crippen LogP contribution in [0.15, 0.2) is 54.9 Å². The fraction of sp³-hybridized carbons (Fsp3) is 0.188. The van der Waals surface area contributed by atoms with Crippen molar-refractivity contribution in [2.24, 2.45) is 0 Å². The third kappa shape index (κ3) is 3.37. The molecule has 0 aliphatic carbocycles. The molecule has 0 spiro atoms. The summed E-state index contributed by atoms with van der Waals surface area (Å²) in [6.07, 6.45) is 3.85. The van der Waals surface area contributed by atoms with Crippen molar-refractivity contribution in [3.8, 4) is 0 Å². The van der Waals surface area contributed by atoms with Gasteiger partial charge >= 0.3 is 0 Å². The van der Waals surface area contributed by atoms with Crippen molar-refractivity contribution in [1.82, 2.24) is 9.38 Å². The summed E-state index contributed by atoms with van der Waals surface area (Å²) in [6.45, 7) is 0.0324. The summed E-state index contributed by atoms with van der Waals surface area (Å²) in [5.74, 6) is 0.947. The average molecular weight is 300 g/mol. The molecule has 1 atom stereocenters. The molecular formula is C16H16N2O2S. The van der Waals surface area contributed by atoms with Gasteiger partial charge in [-0.3, -0.25) is 4.21 Å². The zero-order chi connectivity index (χ0) is 14.7. The maximum atomic E-state index is 12.2. The lowest BCUT2D eigenvalue weighted by atomic mass is 10.2. The number of pyridine rings is 1. The molecule has 21 heavy (non-hydrogen) atoms. The van der Waals surface area contributed by atoms with E-state index >= 15 is 0 Å². The molecular weight excluding hydrogens is 284 g/mol. The number of aliphatic hydroxyl groups excluding tert-OH is 1. The highest BCUT2D eigenvalue weighted by molar-refractivity contribution is 7.83. The van der Waals surface area contributed by atoms with Crippen molar-refractivity contribution in [3.05, 3.63) is 71.7 Å². The van der Waals surface area contributed by atoms with Crippen molar-refractivity contribution in [3.63, 3.8) is 0 Å². The van der Waals surface area contributed by atoms with Crippen LogP contribution in [0.1, 0.15) is 16.8 Å². The predicted molar refractivity (Wildman–Crippen MR) is 83.1 cm³/mol. The average Bonchev–Trinajstić information content (AvgIpc) is 2.90. The van der Waals surface area contributed by atoms with Crippen molar-refractivity contribution in [2.45, 2.75) is 18.1 Å². The van der Waals surface area contributed by atoms with Gasteiger partial charge in [0.2, 0.25) is 0 Å². The third-order valence-electron chi connectivity index (χ3n) is 3.26. The molecule has 0 bridgehead atoms. The summed E-state index contributed by atoms with van der Waals surface area (Å²) < 4.78 is 14.2. The Labute approximate surface area is 125 Å². The van der Waals surface area contributed by atoms with E-state index in [-0.39, 0.29) is 6.61 Å². The normalized spacial score (nSPS) is 12.6. The summed E-state index contributed by atoms with van der Waals surface area (Å²) in [5.41, 5.74) is 3.59. The van der Waals surface area contributed by atoms with E-state index in [0.29, 0.717) is 11.5 Å². The van der Waals surface area contributed by atoms with Gasteiger partial charge in [0, 0.05) is 28.9 Å². The van der Waals surface area contributed by atoms with Gasteiger partial charge in [-0.1, -0.05) is 30.3 Å². The number of aliphatic hydroxyl groups is 1. The maximum Gasteiger partial charge on any atom is 0.137 e. The summed E-state index contributed by atoms with van der Waals surface area (Å²) in [5, 5.41) is 9.00.